The van der Waals surface area contributed by atoms with Crippen LogP contribution in [0.2, 0.25) is 0 Å². The molecule has 0 bridgehead atoms. The van der Waals surface area contributed by atoms with Gasteiger partial charge in [0.2, 0.25) is 0 Å². The van der Waals surface area contributed by atoms with Crippen molar-refractivity contribution in [2.75, 3.05) is 0 Å². The molecule has 0 saturated carbocycles. The highest BCUT2D eigenvalue weighted by Gasteiger charge is 2.45. The van der Waals surface area contributed by atoms with E-state index in [9.17, 15) is 0 Å². The van der Waals surface area contributed by atoms with Crippen molar-refractivity contribution in [2.45, 2.75) is 5.41 Å². The van der Waals surface area contributed by atoms with E-state index in [0.29, 0.717) is 0 Å². The monoisotopic (exact) mass is 368 g/mol. The van der Waals surface area contributed by atoms with E-state index in [4.69, 9.17) is 0 Å². The second kappa shape index (κ2) is 6.18. The van der Waals surface area contributed by atoms with Crippen molar-refractivity contribution in [1.82, 2.24) is 0 Å². The molecule has 0 aromatic heterocycles. The van der Waals surface area contributed by atoms with Gasteiger partial charge in [0.25, 0.3) is 0 Å². The van der Waals surface area contributed by atoms with Crippen molar-refractivity contribution in [1.29, 1.82) is 0 Å². The van der Waals surface area contributed by atoms with E-state index in [1.165, 1.54) is 44.2 Å². The van der Waals surface area contributed by atoms with Crippen LogP contribution in [0.1, 0.15) is 22.3 Å². The second-order valence-corrected chi connectivity index (χ2v) is 7.77. The number of benzene rings is 5. The Kier molecular flexibility index (Phi) is 3.48. The molecule has 29 heavy (non-hydrogen) atoms. The van der Waals surface area contributed by atoms with Crippen LogP contribution in [0.25, 0.3) is 21.9 Å². The Bertz CT molecular complexity index is 1300. The normalized spacial score (nSPS) is 13.8. The fourth-order valence-corrected chi connectivity index (χ4v) is 5.13. The molecule has 0 saturated heterocycles. The van der Waals surface area contributed by atoms with E-state index in [2.05, 4.69) is 121 Å². The number of fused-ring (bicyclic) bond motifs is 4. The van der Waals surface area contributed by atoms with E-state index >= 15 is 0 Å². The Hall–Kier alpha value is -3.64. The van der Waals surface area contributed by atoms with Crippen molar-refractivity contribution in [3.8, 4) is 11.1 Å². The first-order chi connectivity index (χ1) is 14.4. The van der Waals surface area contributed by atoms with Gasteiger partial charge < -0.3 is 0 Å². The molecule has 0 aliphatic heterocycles. The van der Waals surface area contributed by atoms with Crippen LogP contribution >= 0.6 is 0 Å². The maximum absolute atomic E-state index is 2.38. The van der Waals surface area contributed by atoms with E-state index in [-0.39, 0.29) is 5.41 Å². The van der Waals surface area contributed by atoms with Crippen molar-refractivity contribution in [2.24, 2.45) is 0 Å². The summed E-state index contributed by atoms with van der Waals surface area (Å²) in [6.07, 6.45) is 0. The Morgan fingerprint density at radius 3 is 1.62 bits per heavy atom. The summed E-state index contributed by atoms with van der Waals surface area (Å²) in [5, 5.41) is 2.56. The molecule has 1 aliphatic carbocycles. The van der Waals surface area contributed by atoms with Gasteiger partial charge in [0, 0.05) is 0 Å². The molecule has 0 amide bonds. The predicted molar refractivity (Wildman–Crippen MR) is 121 cm³/mol. The molecule has 0 nitrogen and oxygen atoms in total. The third-order valence-corrected chi connectivity index (χ3v) is 6.34. The van der Waals surface area contributed by atoms with Crippen molar-refractivity contribution in [3.05, 3.63) is 144 Å². The minimum Gasteiger partial charge on any atom is -0.0622 e. The van der Waals surface area contributed by atoms with Gasteiger partial charge in [-0.15, -0.1) is 0 Å². The van der Waals surface area contributed by atoms with Crippen LogP contribution in [-0.2, 0) is 5.41 Å². The number of hydrogen-bond donors (Lipinski definition) is 0. The maximum atomic E-state index is 2.38. The summed E-state index contributed by atoms with van der Waals surface area (Å²) in [5.41, 5.74) is 7.72. The van der Waals surface area contributed by atoms with E-state index in [1.54, 1.807) is 0 Å². The van der Waals surface area contributed by atoms with Gasteiger partial charge in [0.1, 0.15) is 0 Å². The van der Waals surface area contributed by atoms with Gasteiger partial charge in [0.15, 0.2) is 0 Å². The van der Waals surface area contributed by atoms with Crippen LogP contribution in [-0.4, -0.2) is 0 Å². The molecule has 0 heteroatoms. The summed E-state index contributed by atoms with van der Waals surface area (Å²) >= 11 is 0. The summed E-state index contributed by atoms with van der Waals surface area (Å²) in [6.45, 7) is 0. The quantitative estimate of drug-likeness (QED) is 0.303. The van der Waals surface area contributed by atoms with E-state index in [1.807, 2.05) is 0 Å². The number of hydrogen-bond acceptors (Lipinski definition) is 0. The van der Waals surface area contributed by atoms with Gasteiger partial charge in [-0.2, -0.15) is 0 Å². The SMILES string of the molecule is c1ccc(C2(c3ccc4ccccc4c3)c3ccccc3-c3ccccc32)cc1. The minimum atomic E-state index is -0.307. The molecule has 0 N–H and O–H groups in total. The molecule has 5 aromatic rings. The van der Waals surface area contributed by atoms with Crippen LogP contribution < -0.4 is 0 Å². The first kappa shape index (κ1) is 16.3. The van der Waals surface area contributed by atoms with Gasteiger partial charge in [-0.3, -0.25) is 0 Å². The van der Waals surface area contributed by atoms with Gasteiger partial charge >= 0.3 is 0 Å². The highest BCUT2D eigenvalue weighted by Crippen LogP contribution is 2.56. The number of rotatable bonds is 2. The third-order valence-electron chi connectivity index (χ3n) is 6.34. The van der Waals surface area contributed by atoms with Crippen LogP contribution in [0.5, 0.6) is 0 Å². The average Bonchev–Trinajstić information content (AvgIpc) is 3.11. The zero-order chi connectivity index (χ0) is 19.3. The molecule has 0 atom stereocenters. The minimum absolute atomic E-state index is 0.307. The summed E-state index contributed by atoms with van der Waals surface area (Å²) in [7, 11) is 0. The van der Waals surface area contributed by atoms with Gasteiger partial charge in [-0.1, -0.05) is 115 Å². The Morgan fingerprint density at radius 2 is 0.931 bits per heavy atom. The molecular weight excluding hydrogens is 348 g/mol. The van der Waals surface area contributed by atoms with Crippen LogP contribution in [0.4, 0.5) is 0 Å². The molecule has 0 heterocycles. The maximum Gasteiger partial charge on any atom is 0.0713 e. The van der Waals surface area contributed by atoms with Crippen molar-refractivity contribution in [3.63, 3.8) is 0 Å². The first-order valence-electron chi connectivity index (χ1n) is 10.1. The smallest absolute Gasteiger partial charge is 0.0622 e. The molecule has 0 fully saturated rings. The molecule has 0 spiro atoms. The Labute approximate surface area is 171 Å². The lowest BCUT2D eigenvalue weighted by atomic mass is 9.67. The highest BCUT2D eigenvalue weighted by atomic mass is 14.5. The molecule has 5 aromatic carbocycles. The molecule has 136 valence electrons. The van der Waals surface area contributed by atoms with Crippen LogP contribution in [0.15, 0.2) is 121 Å². The zero-order valence-corrected chi connectivity index (χ0v) is 16.0. The van der Waals surface area contributed by atoms with Crippen LogP contribution in [0.3, 0.4) is 0 Å². The third kappa shape index (κ3) is 2.20. The first-order valence-corrected chi connectivity index (χ1v) is 10.1. The standard InChI is InChI=1S/C29H20/c1-2-12-23(13-3-1)29(24-19-18-21-10-4-5-11-22(21)20-24)27-16-8-6-14-25(27)26-15-7-9-17-28(26)29/h1-20H. The summed E-state index contributed by atoms with van der Waals surface area (Å²) < 4.78 is 0. The van der Waals surface area contributed by atoms with Crippen LogP contribution in [0, 0.1) is 0 Å². The Morgan fingerprint density at radius 1 is 0.379 bits per heavy atom. The second-order valence-electron chi connectivity index (χ2n) is 7.77. The summed E-state index contributed by atoms with van der Waals surface area (Å²) in [5.74, 6) is 0. The molecule has 0 unspecified atom stereocenters. The highest BCUT2D eigenvalue weighted by molar-refractivity contribution is 5.89. The topological polar surface area (TPSA) is 0 Å². The fraction of sp³-hybridized carbons (Fsp3) is 0.0345. The average molecular weight is 368 g/mol. The van der Waals surface area contributed by atoms with E-state index < -0.39 is 0 Å². The fourth-order valence-electron chi connectivity index (χ4n) is 5.13. The molecule has 1 aliphatic rings. The lowest BCUT2D eigenvalue weighted by Crippen LogP contribution is -2.28. The zero-order valence-electron chi connectivity index (χ0n) is 16.0. The van der Waals surface area contributed by atoms with Gasteiger partial charge in [-0.05, 0) is 50.2 Å². The van der Waals surface area contributed by atoms with Gasteiger partial charge in [-0.25, -0.2) is 0 Å². The predicted octanol–water partition coefficient (Wildman–Crippen LogP) is 7.20. The largest absolute Gasteiger partial charge is 0.0713 e. The molecule has 6 rings (SSSR count). The van der Waals surface area contributed by atoms with Crippen molar-refractivity contribution < 1.29 is 0 Å². The molecule has 0 radical (unpaired) electrons. The lowest BCUT2D eigenvalue weighted by molar-refractivity contribution is 0.770. The summed E-state index contributed by atoms with van der Waals surface area (Å²) in [4.78, 5) is 0. The van der Waals surface area contributed by atoms with E-state index in [0.717, 1.165) is 0 Å². The Balaban J connectivity index is 1.79. The molecular formula is C29H20. The van der Waals surface area contributed by atoms with Gasteiger partial charge in [0.05, 0.1) is 5.41 Å². The van der Waals surface area contributed by atoms with Crippen molar-refractivity contribution >= 4 is 10.8 Å². The summed E-state index contributed by atoms with van der Waals surface area (Å²) in [6, 6.07) is 44.3. The lowest BCUT2D eigenvalue weighted by Gasteiger charge is -2.34.